The van der Waals surface area contributed by atoms with Gasteiger partial charge in [0, 0.05) is 17.3 Å². The number of hydrogen-bond donors (Lipinski definition) is 2. The number of carbonyl (C=O) groups is 1. The Morgan fingerprint density at radius 1 is 1.33 bits per heavy atom. The van der Waals surface area contributed by atoms with E-state index in [9.17, 15) is 4.79 Å². The third-order valence-electron chi connectivity index (χ3n) is 4.03. The second-order valence-electron chi connectivity index (χ2n) is 5.41. The fourth-order valence-electron chi connectivity index (χ4n) is 2.38. The van der Waals surface area contributed by atoms with Crippen LogP contribution in [0.4, 0.5) is 0 Å². The number of nitrogens with one attached hydrogen (secondary N) is 2. The monoisotopic (exact) mass is 272 g/mol. The largest absolute Gasteiger partial charge is 0.354 e. The molecule has 0 aromatic heterocycles. The van der Waals surface area contributed by atoms with Crippen molar-refractivity contribution >= 4 is 17.7 Å². The molecule has 2 N–H and O–H groups in total. The van der Waals surface area contributed by atoms with Gasteiger partial charge in [-0.3, -0.25) is 4.79 Å². The molecular weight excluding hydrogens is 244 g/mol. The van der Waals surface area contributed by atoms with Crippen LogP contribution in [-0.4, -0.2) is 36.0 Å². The van der Waals surface area contributed by atoms with Crippen molar-refractivity contribution in [3.8, 4) is 0 Å². The summed E-state index contributed by atoms with van der Waals surface area (Å²) in [5.41, 5.74) is 0. The van der Waals surface area contributed by atoms with Crippen molar-refractivity contribution in [2.75, 3.05) is 19.3 Å². The van der Waals surface area contributed by atoms with Gasteiger partial charge in [-0.25, -0.2) is 0 Å². The van der Waals surface area contributed by atoms with Gasteiger partial charge in [0.25, 0.3) is 0 Å². The molecule has 0 spiro atoms. The normalized spacial score (nSPS) is 20.4. The summed E-state index contributed by atoms with van der Waals surface area (Å²) in [6, 6.07) is 0.417. The molecule has 3 nitrogen and oxygen atoms in total. The number of thioether (sulfide) groups is 1. The van der Waals surface area contributed by atoms with Crippen LogP contribution in [0.25, 0.3) is 0 Å². The van der Waals surface area contributed by atoms with Crippen molar-refractivity contribution in [2.24, 2.45) is 0 Å². The Morgan fingerprint density at radius 3 is 2.56 bits per heavy atom. The molecule has 1 fully saturated rings. The Kier molecular flexibility index (Phi) is 7.08. The summed E-state index contributed by atoms with van der Waals surface area (Å²) in [6.07, 6.45) is 9.69. The van der Waals surface area contributed by atoms with Crippen LogP contribution in [0.15, 0.2) is 0 Å². The number of rotatable bonds is 7. The third kappa shape index (κ3) is 5.19. The maximum atomic E-state index is 11.8. The summed E-state index contributed by atoms with van der Waals surface area (Å²) in [4.78, 5) is 11.8. The van der Waals surface area contributed by atoms with E-state index in [1.807, 2.05) is 11.8 Å². The quantitative estimate of drug-likeness (QED) is 0.748. The minimum absolute atomic E-state index is 0.134. The summed E-state index contributed by atoms with van der Waals surface area (Å²) in [6.45, 7) is 5.51. The maximum absolute atomic E-state index is 11.8. The SMILES string of the molecule is CCC(C)NCC(=O)NCC1(SC)CCCCC1. The lowest BCUT2D eigenvalue weighted by Crippen LogP contribution is -2.45. The smallest absolute Gasteiger partial charge is 0.234 e. The molecular formula is C14H28N2OS. The summed E-state index contributed by atoms with van der Waals surface area (Å²) in [5, 5.41) is 6.33. The van der Waals surface area contributed by atoms with E-state index in [1.165, 1.54) is 32.1 Å². The van der Waals surface area contributed by atoms with Crippen molar-refractivity contribution in [1.29, 1.82) is 0 Å². The molecule has 0 bridgehead atoms. The highest BCUT2D eigenvalue weighted by Gasteiger charge is 2.31. The molecule has 4 heteroatoms. The first kappa shape index (κ1) is 15.8. The predicted molar refractivity (Wildman–Crippen MR) is 80.1 cm³/mol. The molecule has 0 aromatic carbocycles. The average molecular weight is 272 g/mol. The average Bonchev–Trinajstić information content (AvgIpc) is 2.43. The summed E-state index contributed by atoms with van der Waals surface area (Å²) in [7, 11) is 0. The Balaban J connectivity index is 2.27. The van der Waals surface area contributed by atoms with Crippen LogP contribution in [-0.2, 0) is 4.79 Å². The second-order valence-corrected chi connectivity index (χ2v) is 6.69. The molecule has 0 radical (unpaired) electrons. The molecule has 1 aliphatic carbocycles. The van der Waals surface area contributed by atoms with Gasteiger partial charge in [0.1, 0.15) is 0 Å². The van der Waals surface area contributed by atoms with Crippen LogP contribution < -0.4 is 10.6 Å². The molecule has 0 saturated heterocycles. The van der Waals surface area contributed by atoms with E-state index < -0.39 is 0 Å². The fourth-order valence-corrected chi connectivity index (χ4v) is 3.30. The van der Waals surface area contributed by atoms with Crippen LogP contribution in [0.2, 0.25) is 0 Å². The Labute approximate surface area is 116 Å². The zero-order valence-electron chi connectivity index (χ0n) is 12.1. The minimum atomic E-state index is 0.134. The Hall–Kier alpha value is -0.220. The first-order chi connectivity index (χ1) is 8.62. The molecule has 1 amide bonds. The van der Waals surface area contributed by atoms with Crippen molar-refractivity contribution in [3.63, 3.8) is 0 Å². The molecule has 1 unspecified atom stereocenters. The van der Waals surface area contributed by atoms with Crippen molar-refractivity contribution in [2.45, 2.75) is 63.2 Å². The lowest BCUT2D eigenvalue weighted by Gasteiger charge is -2.35. The van der Waals surface area contributed by atoms with Gasteiger partial charge in [0.05, 0.1) is 6.54 Å². The van der Waals surface area contributed by atoms with Gasteiger partial charge < -0.3 is 10.6 Å². The Bertz CT molecular complexity index is 252. The van der Waals surface area contributed by atoms with Crippen LogP contribution in [0, 0.1) is 0 Å². The maximum Gasteiger partial charge on any atom is 0.234 e. The molecule has 0 aromatic rings. The van der Waals surface area contributed by atoms with Crippen molar-refractivity contribution < 1.29 is 4.79 Å². The first-order valence-corrected chi connectivity index (χ1v) is 8.39. The lowest BCUT2D eigenvalue weighted by atomic mass is 9.88. The number of amides is 1. The fraction of sp³-hybridized carbons (Fsp3) is 0.929. The van der Waals surface area contributed by atoms with E-state index in [4.69, 9.17) is 0 Å². The highest BCUT2D eigenvalue weighted by molar-refractivity contribution is 8.00. The second kappa shape index (κ2) is 8.05. The standard InChI is InChI=1S/C14H28N2OS/c1-4-12(2)15-10-13(17)16-11-14(18-3)8-6-5-7-9-14/h12,15H,4-11H2,1-3H3,(H,16,17). The molecule has 1 aliphatic rings. The van der Waals surface area contributed by atoms with Crippen LogP contribution in [0.3, 0.4) is 0 Å². The molecule has 1 atom stereocenters. The number of carbonyl (C=O) groups excluding carboxylic acids is 1. The van der Waals surface area contributed by atoms with E-state index in [1.54, 1.807) is 0 Å². The highest BCUT2D eigenvalue weighted by Crippen LogP contribution is 2.37. The first-order valence-electron chi connectivity index (χ1n) is 7.17. The van der Waals surface area contributed by atoms with E-state index in [0.29, 0.717) is 17.3 Å². The molecule has 1 rings (SSSR count). The van der Waals surface area contributed by atoms with Crippen molar-refractivity contribution in [1.82, 2.24) is 10.6 Å². The van der Waals surface area contributed by atoms with Crippen LogP contribution in [0.5, 0.6) is 0 Å². The van der Waals surface area contributed by atoms with Gasteiger partial charge in [-0.1, -0.05) is 26.2 Å². The van der Waals surface area contributed by atoms with Gasteiger partial charge in [0.15, 0.2) is 0 Å². The van der Waals surface area contributed by atoms with E-state index in [-0.39, 0.29) is 5.91 Å². The zero-order chi connectivity index (χ0) is 13.4. The predicted octanol–water partition coefficient (Wildman–Crippen LogP) is 2.56. The highest BCUT2D eigenvalue weighted by atomic mass is 32.2. The molecule has 18 heavy (non-hydrogen) atoms. The van der Waals surface area contributed by atoms with E-state index in [2.05, 4.69) is 30.7 Å². The van der Waals surface area contributed by atoms with E-state index in [0.717, 1.165) is 13.0 Å². The molecule has 1 saturated carbocycles. The van der Waals surface area contributed by atoms with Gasteiger partial charge >= 0.3 is 0 Å². The summed E-state index contributed by atoms with van der Waals surface area (Å²) in [5.74, 6) is 0.134. The lowest BCUT2D eigenvalue weighted by molar-refractivity contribution is -0.120. The van der Waals surface area contributed by atoms with Gasteiger partial charge in [-0.05, 0) is 32.4 Å². The topological polar surface area (TPSA) is 41.1 Å². The van der Waals surface area contributed by atoms with Crippen molar-refractivity contribution in [3.05, 3.63) is 0 Å². The van der Waals surface area contributed by atoms with Gasteiger partial charge in [-0.15, -0.1) is 0 Å². The Morgan fingerprint density at radius 2 is 2.00 bits per heavy atom. The van der Waals surface area contributed by atoms with Crippen LogP contribution in [0.1, 0.15) is 52.4 Å². The summed E-state index contributed by atoms with van der Waals surface area (Å²) >= 11 is 1.93. The third-order valence-corrected chi connectivity index (χ3v) is 5.45. The van der Waals surface area contributed by atoms with Gasteiger partial charge in [0.2, 0.25) is 5.91 Å². The van der Waals surface area contributed by atoms with Crippen LogP contribution >= 0.6 is 11.8 Å². The molecule has 0 heterocycles. The molecule has 0 aliphatic heterocycles. The zero-order valence-corrected chi connectivity index (χ0v) is 12.9. The minimum Gasteiger partial charge on any atom is -0.354 e. The van der Waals surface area contributed by atoms with Gasteiger partial charge in [-0.2, -0.15) is 11.8 Å². The molecule has 106 valence electrons. The van der Waals surface area contributed by atoms with E-state index >= 15 is 0 Å². The number of hydrogen-bond acceptors (Lipinski definition) is 3. The summed E-state index contributed by atoms with van der Waals surface area (Å²) < 4.78 is 0.296.